The van der Waals surface area contributed by atoms with E-state index in [1.54, 1.807) is 0 Å². The molecule has 1 aliphatic rings. The van der Waals surface area contributed by atoms with Gasteiger partial charge in [-0.1, -0.05) is 0 Å². The number of rotatable bonds is 2. The maximum absolute atomic E-state index is 12.4. The molecule has 0 radical (unpaired) electrons. The minimum Gasteiger partial charge on any atom is -0.381 e. The first-order chi connectivity index (χ1) is 8.75. The number of ether oxygens (including phenoxy) is 1. The first kappa shape index (κ1) is 11.5. The van der Waals surface area contributed by atoms with E-state index >= 15 is 0 Å². The fraction of sp³-hybridized carbons (Fsp3) is 0.400. The van der Waals surface area contributed by atoms with Crippen molar-refractivity contribution < 1.29 is 9.53 Å². The third-order valence-electron chi connectivity index (χ3n) is 3.76. The smallest absolute Gasteiger partial charge is 0.166 e. The molecule has 2 aromatic rings. The van der Waals surface area contributed by atoms with Crippen LogP contribution in [0.25, 0.3) is 10.9 Å². The Morgan fingerprint density at radius 1 is 1.28 bits per heavy atom. The number of hydrogen-bond donors (Lipinski definition) is 0. The summed E-state index contributed by atoms with van der Waals surface area (Å²) in [6, 6.07) is 8.03. The Bertz CT molecular complexity index is 579. The molecule has 1 aliphatic heterocycles. The molecule has 2 heterocycles. The monoisotopic (exact) mass is 243 g/mol. The topological polar surface area (TPSA) is 31.2 Å². The molecule has 0 saturated carbocycles. The lowest BCUT2D eigenvalue weighted by Gasteiger charge is -2.20. The van der Waals surface area contributed by atoms with E-state index < -0.39 is 0 Å². The van der Waals surface area contributed by atoms with Gasteiger partial charge in [-0.05, 0) is 37.1 Å². The van der Waals surface area contributed by atoms with Crippen molar-refractivity contribution in [2.24, 2.45) is 13.0 Å². The van der Waals surface area contributed by atoms with Crippen LogP contribution in [0.4, 0.5) is 0 Å². The number of fused-ring (bicyclic) bond motifs is 1. The largest absolute Gasteiger partial charge is 0.381 e. The van der Waals surface area contributed by atoms with E-state index in [0.717, 1.165) is 23.8 Å². The Hall–Kier alpha value is -1.61. The van der Waals surface area contributed by atoms with Gasteiger partial charge in [-0.3, -0.25) is 4.79 Å². The van der Waals surface area contributed by atoms with Crippen LogP contribution in [0.3, 0.4) is 0 Å². The predicted molar refractivity (Wildman–Crippen MR) is 70.8 cm³/mol. The molecular weight excluding hydrogens is 226 g/mol. The molecule has 3 rings (SSSR count). The molecule has 0 aliphatic carbocycles. The zero-order chi connectivity index (χ0) is 12.5. The van der Waals surface area contributed by atoms with Crippen molar-refractivity contribution in [1.82, 2.24) is 4.57 Å². The Labute approximate surface area is 106 Å². The lowest BCUT2D eigenvalue weighted by Crippen LogP contribution is -2.23. The van der Waals surface area contributed by atoms with Gasteiger partial charge in [0.15, 0.2) is 5.78 Å². The summed E-state index contributed by atoms with van der Waals surface area (Å²) in [4.78, 5) is 12.4. The third kappa shape index (κ3) is 1.95. The third-order valence-corrected chi connectivity index (χ3v) is 3.76. The number of carbonyl (C=O) groups excluding carboxylic acids is 1. The second kappa shape index (κ2) is 4.58. The van der Waals surface area contributed by atoms with E-state index in [0.29, 0.717) is 13.2 Å². The van der Waals surface area contributed by atoms with Gasteiger partial charge in [0.2, 0.25) is 0 Å². The molecule has 1 fully saturated rings. The second-order valence-electron chi connectivity index (χ2n) is 4.95. The molecule has 1 aromatic heterocycles. The minimum atomic E-state index is 0.139. The van der Waals surface area contributed by atoms with Crippen molar-refractivity contribution in [2.45, 2.75) is 12.8 Å². The molecule has 1 aromatic carbocycles. The number of benzene rings is 1. The van der Waals surface area contributed by atoms with E-state index in [9.17, 15) is 4.79 Å². The van der Waals surface area contributed by atoms with E-state index in [-0.39, 0.29) is 11.7 Å². The average Bonchev–Trinajstić information content (AvgIpc) is 2.80. The van der Waals surface area contributed by atoms with Crippen LogP contribution in [0.5, 0.6) is 0 Å². The van der Waals surface area contributed by atoms with Crippen molar-refractivity contribution in [3.63, 3.8) is 0 Å². The molecule has 0 unspecified atom stereocenters. The van der Waals surface area contributed by atoms with Crippen molar-refractivity contribution in [2.75, 3.05) is 13.2 Å². The van der Waals surface area contributed by atoms with Gasteiger partial charge in [0.25, 0.3) is 0 Å². The molecule has 3 heteroatoms. The van der Waals surface area contributed by atoms with Gasteiger partial charge >= 0.3 is 0 Å². The van der Waals surface area contributed by atoms with Crippen LogP contribution >= 0.6 is 0 Å². The van der Waals surface area contributed by atoms with E-state index in [1.165, 1.54) is 5.52 Å². The Morgan fingerprint density at radius 2 is 2.06 bits per heavy atom. The molecular formula is C15H17NO2. The zero-order valence-electron chi connectivity index (χ0n) is 10.6. The van der Waals surface area contributed by atoms with Gasteiger partial charge < -0.3 is 9.30 Å². The van der Waals surface area contributed by atoms with Crippen molar-refractivity contribution in [1.29, 1.82) is 0 Å². The van der Waals surface area contributed by atoms with Crippen molar-refractivity contribution in [3.05, 3.63) is 36.0 Å². The van der Waals surface area contributed by atoms with E-state index in [4.69, 9.17) is 4.74 Å². The summed E-state index contributed by atoms with van der Waals surface area (Å²) in [5, 5.41) is 1.13. The Kier molecular flexibility index (Phi) is 2.92. The van der Waals surface area contributed by atoms with Crippen LogP contribution in [0, 0.1) is 5.92 Å². The number of Topliss-reactive ketones (excluding diaryl/α,β-unsaturated/α-hetero) is 1. The molecule has 94 valence electrons. The summed E-state index contributed by atoms with van der Waals surface area (Å²) in [7, 11) is 2.02. The highest BCUT2D eigenvalue weighted by molar-refractivity contribution is 6.01. The first-order valence-electron chi connectivity index (χ1n) is 6.43. The summed E-state index contributed by atoms with van der Waals surface area (Å²) in [5.41, 5.74) is 2.00. The summed E-state index contributed by atoms with van der Waals surface area (Å²) in [6.07, 6.45) is 3.73. The maximum Gasteiger partial charge on any atom is 0.166 e. The number of hydrogen-bond acceptors (Lipinski definition) is 2. The van der Waals surface area contributed by atoms with Gasteiger partial charge in [0.05, 0.1) is 0 Å². The van der Waals surface area contributed by atoms with Crippen LogP contribution in [0.1, 0.15) is 23.2 Å². The van der Waals surface area contributed by atoms with Crippen LogP contribution in [-0.2, 0) is 11.8 Å². The number of carbonyl (C=O) groups is 1. The SMILES string of the molecule is Cn1ccc2cc(C(=O)C3CCOCC3)ccc21. The molecule has 0 N–H and O–H groups in total. The fourth-order valence-corrected chi connectivity index (χ4v) is 2.63. The molecule has 0 amide bonds. The first-order valence-corrected chi connectivity index (χ1v) is 6.43. The maximum atomic E-state index is 12.4. The van der Waals surface area contributed by atoms with E-state index in [2.05, 4.69) is 10.6 Å². The fourth-order valence-electron chi connectivity index (χ4n) is 2.63. The predicted octanol–water partition coefficient (Wildman–Crippen LogP) is 2.79. The summed E-state index contributed by atoms with van der Waals surface area (Å²) >= 11 is 0. The summed E-state index contributed by atoms with van der Waals surface area (Å²) in [6.45, 7) is 1.42. The lowest BCUT2D eigenvalue weighted by molar-refractivity contribution is 0.0545. The van der Waals surface area contributed by atoms with Gasteiger partial charge in [0.1, 0.15) is 0 Å². The highest BCUT2D eigenvalue weighted by Crippen LogP contribution is 2.23. The van der Waals surface area contributed by atoms with Crippen LogP contribution in [0.15, 0.2) is 30.5 Å². The van der Waals surface area contributed by atoms with E-state index in [1.807, 2.05) is 31.4 Å². The van der Waals surface area contributed by atoms with Gasteiger partial charge in [0, 0.05) is 48.8 Å². The molecule has 3 nitrogen and oxygen atoms in total. The summed E-state index contributed by atoms with van der Waals surface area (Å²) in [5.74, 6) is 0.406. The minimum absolute atomic E-state index is 0.139. The molecule has 1 saturated heterocycles. The van der Waals surface area contributed by atoms with Gasteiger partial charge in [-0.2, -0.15) is 0 Å². The molecule has 18 heavy (non-hydrogen) atoms. The quantitative estimate of drug-likeness (QED) is 0.759. The Balaban J connectivity index is 1.91. The molecule has 0 spiro atoms. The summed E-state index contributed by atoms with van der Waals surface area (Å²) < 4.78 is 7.37. The van der Waals surface area contributed by atoms with Crippen LogP contribution in [-0.4, -0.2) is 23.6 Å². The van der Waals surface area contributed by atoms with Crippen molar-refractivity contribution in [3.8, 4) is 0 Å². The number of aromatic nitrogens is 1. The highest BCUT2D eigenvalue weighted by Gasteiger charge is 2.22. The lowest BCUT2D eigenvalue weighted by atomic mass is 9.90. The van der Waals surface area contributed by atoms with Crippen LogP contribution in [0.2, 0.25) is 0 Å². The zero-order valence-corrected chi connectivity index (χ0v) is 10.6. The van der Waals surface area contributed by atoms with Crippen LogP contribution < -0.4 is 0 Å². The number of ketones is 1. The molecule has 0 atom stereocenters. The number of nitrogens with zero attached hydrogens (tertiary/aromatic N) is 1. The number of aryl methyl sites for hydroxylation is 1. The van der Waals surface area contributed by atoms with Gasteiger partial charge in [-0.15, -0.1) is 0 Å². The average molecular weight is 243 g/mol. The van der Waals surface area contributed by atoms with Crippen molar-refractivity contribution >= 4 is 16.7 Å². The highest BCUT2D eigenvalue weighted by atomic mass is 16.5. The molecule has 0 bridgehead atoms. The second-order valence-corrected chi connectivity index (χ2v) is 4.95. The van der Waals surface area contributed by atoms with Gasteiger partial charge in [-0.25, -0.2) is 0 Å². The Morgan fingerprint density at radius 3 is 2.83 bits per heavy atom. The normalized spacial score (nSPS) is 17.2. The standard InChI is InChI=1S/C15H17NO2/c1-16-7-4-12-10-13(2-3-14(12)16)15(17)11-5-8-18-9-6-11/h2-4,7,10-11H,5-6,8-9H2,1H3.